The third kappa shape index (κ3) is 3.00. The minimum absolute atomic E-state index is 0.610. The molecule has 2 nitrogen and oxygen atoms in total. The zero-order valence-corrected chi connectivity index (χ0v) is 10.7. The average Bonchev–Trinajstić information content (AvgIpc) is 2.32. The molecule has 1 aliphatic carbocycles. The van der Waals surface area contributed by atoms with E-state index in [2.05, 4.69) is 24.4 Å². The molecule has 1 fully saturated rings. The SMILES string of the molecule is Cc1cc(NC2CCC(C)CC2)ccc1C#N. The first kappa shape index (κ1) is 12.0. The lowest BCUT2D eigenvalue weighted by Crippen LogP contribution is -2.25. The molecule has 0 saturated heterocycles. The molecule has 90 valence electrons. The molecule has 0 unspecified atom stereocenters. The van der Waals surface area contributed by atoms with E-state index in [0.717, 1.165) is 22.7 Å². The summed E-state index contributed by atoms with van der Waals surface area (Å²) in [4.78, 5) is 0. The molecular weight excluding hydrogens is 208 g/mol. The Bertz CT molecular complexity index is 423. The maximum Gasteiger partial charge on any atom is 0.0994 e. The van der Waals surface area contributed by atoms with Gasteiger partial charge in [0.25, 0.3) is 0 Å². The van der Waals surface area contributed by atoms with Gasteiger partial charge in [0.2, 0.25) is 0 Å². The monoisotopic (exact) mass is 228 g/mol. The number of nitriles is 1. The van der Waals surface area contributed by atoms with Crippen LogP contribution in [0.15, 0.2) is 18.2 Å². The van der Waals surface area contributed by atoms with Crippen LogP contribution in [0.5, 0.6) is 0 Å². The van der Waals surface area contributed by atoms with Gasteiger partial charge in [-0.05, 0) is 62.3 Å². The van der Waals surface area contributed by atoms with Gasteiger partial charge in [-0.1, -0.05) is 6.92 Å². The van der Waals surface area contributed by atoms with E-state index in [9.17, 15) is 0 Å². The first-order valence-electron chi connectivity index (χ1n) is 6.46. The number of nitrogens with one attached hydrogen (secondary N) is 1. The summed E-state index contributed by atoms with van der Waals surface area (Å²) < 4.78 is 0. The molecule has 1 saturated carbocycles. The van der Waals surface area contributed by atoms with Crippen molar-refractivity contribution in [3.05, 3.63) is 29.3 Å². The smallest absolute Gasteiger partial charge is 0.0994 e. The lowest BCUT2D eigenvalue weighted by atomic mass is 9.87. The second-order valence-electron chi connectivity index (χ2n) is 5.24. The fraction of sp³-hybridized carbons (Fsp3) is 0.533. The molecule has 0 atom stereocenters. The second-order valence-corrected chi connectivity index (χ2v) is 5.24. The highest BCUT2D eigenvalue weighted by Crippen LogP contribution is 2.26. The topological polar surface area (TPSA) is 35.8 Å². The zero-order chi connectivity index (χ0) is 12.3. The number of anilines is 1. The minimum atomic E-state index is 0.610. The van der Waals surface area contributed by atoms with Crippen LogP contribution in [0.4, 0.5) is 5.69 Å². The molecule has 0 aliphatic heterocycles. The Morgan fingerprint density at radius 3 is 2.53 bits per heavy atom. The quantitative estimate of drug-likeness (QED) is 0.834. The van der Waals surface area contributed by atoms with Crippen LogP contribution in [0.1, 0.15) is 43.7 Å². The molecule has 1 aliphatic rings. The molecule has 2 heteroatoms. The second kappa shape index (κ2) is 5.23. The van der Waals surface area contributed by atoms with E-state index < -0.39 is 0 Å². The van der Waals surface area contributed by atoms with E-state index in [0.29, 0.717) is 6.04 Å². The summed E-state index contributed by atoms with van der Waals surface area (Å²) in [6, 6.07) is 8.82. The van der Waals surface area contributed by atoms with E-state index in [1.165, 1.54) is 25.7 Å². The summed E-state index contributed by atoms with van der Waals surface area (Å²) in [6.07, 6.45) is 5.18. The van der Waals surface area contributed by atoms with Crippen LogP contribution in [-0.2, 0) is 0 Å². The van der Waals surface area contributed by atoms with Gasteiger partial charge in [0.05, 0.1) is 11.6 Å². The summed E-state index contributed by atoms with van der Waals surface area (Å²) in [7, 11) is 0. The van der Waals surface area contributed by atoms with Crippen LogP contribution in [0, 0.1) is 24.2 Å². The predicted molar refractivity (Wildman–Crippen MR) is 70.9 cm³/mol. The van der Waals surface area contributed by atoms with Crippen molar-refractivity contribution < 1.29 is 0 Å². The van der Waals surface area contributed by atoms with Gasteiger partial charge in [0, 0.05) is 11.7 Å². The molecular formula is C15H20N2. The van der Waals surface area contributed by atoms with Crippen molar-refractivity contribution in [2.45, 2.75) is 45.6 Å². The molecule has 0 heterocycles. The predicted octanol–water partition coefficient (Wildman–Crippen LogP) is 3.86. The minimum Gasteiger partial charge on any atom is -0.382 e. The van der Waals surface area contributed by atoms with Crippen LogP contribution in [0.2, 0.25) is 0 Å². The summed E-state index contributed by atoms with van der Waals surface area (Å²) in [5.41, 5.74) is 2.98. The van der Waals surface area contributed by atoms with Gasteiger partial charge in [-0.15, -0.1) is 0 Å². The van der Waals surface area contributed by atoms with Crippen LogP contribution in [-0.4, -0.2) is 6.04 Å². The lowest BCUT2D eigenvalue weighted by Gasteiger charge is -2.27. The molecule has 2 rings (SSSR count). The van der Waals surface area contributed by atoms with Crippen molar-refractivity contribution in [2.75, 3.05) is 5.32 Å². The fourth-order valence-corrected chi connectivity index (χ4v) is 2.52. The number of benzene rings is 1. The number of aryl methyl sites for hydroxylation is 1. The molecule has 0 bridgehead atoms. The standard InChI is InChI=1S/C15H20N2/c1-11-3-6-14(7-4-11)17-15-8-5-13(10-16)12(2)9-15/h5,8-9,11,14,17H,3-4,6-7H2,1-2H3. The highest BCUT2D eigenvalue weighted by molar-refractivity contribution is 5.52. The summed E-state index contributed by atoms with van der Waals surface area (Å²) in [6.45, 7) is 4.33. The molecule has 0 aromatic heterocycles. The zero-order valence-electron chi connectivity index (χ0n) is 10.7. The maximum atomic E-state index is 8.89. The lowest BCUT2D eigenvalue weighted by molar-refractivity contribution is 0.361. The van der Waals surface area contributed by atoms with Crippen molar-refractivity contribution in [3.63, 3.8) is 0 Å². The van der Waals surface area contributed by atoms with Crippen molar-refractivity contribution in [1.29, 1.82) is 5.26 Å². The Balaban J connectivity index is 2.00. The number of hydrogen-bond donors (Lipinski definition) is 1. The number of hydrogen-bond acceptors (Lipinski definition) is 2. The van der Waals surface area contributed by atoms with Crippen LogP contribution in [0.3, 0.4) is 0 Å². The van der Waals surface area contributed by atoms with Crippen LogP contribution < -0.4 is 5.32 Å². The van der Waals surface area contributed by atoms with E-state index in [1.54, 1.807) is 0 Å². The Labute approximate surface area is 104 Å². The average molecular weight is 228 g/mol. The largest absolute Gasteiger partial charge is 0.382 e. The van der Waals surface area contributed by atoms with Gasteiger partial charge < -0.3 is 5.32 Å². The van der Waals surface area contributed by atoms with E-state index >= 15 is 0 Å². The number of rotatable bonds is 2. The van der Waals surface area contributed by atoms with Crippen LogP contribution in [0.25, 0.3) is 0 Å². The fourth-order valence-electron chi connectivity index (χ4n) is 2.52. The van der Waals surface area contributed by atoms with Gasteiger partial charge in [-0.2, -0.15) is 5.26 Å². The molecule has 17 heavy (non-hydrogen) atoms. The summed E-state index contributed by atoms with van der Waals surface area (Å²) >= 11 is 0. The Morgan fingerprint density at radius 1 is 1.24 bits per heavy atom. The Hall–Kier alpha value is -1.49. The Morgan fingerprint density at radius 2 is 1.94 bits per heavy atom. The summed E-state index contributed by atoms with van der Waals surface area (Å²) in [5.74, 6) is 0.885. The molecule has 0 amide bonds. The highest BCUT2D eigenvalue weighted by atomic mass is 14.9. The Kier molecular flexibility index (Phi) is 3.68. The molecule has 0 spiro atoms. The van der Waals surface area contributed by atoms with Crippen molar-refractivity contribution in [2.24, 2.45) is 5.92 Å². The van der Waals surface area contributed by atoms with Gasteiger partial charge in [0.1, 0.15) is 0 Å². The van der Waals surface area contributed by atoms with E-state index in [1.807, 2.05) is 19.1 Å². The first-order chi connectivity index (χ1) is 8.19. The van der Waals surface area contributed by atoms with E-state index in [-0.39, 0.29) is 0 Å². The first-order valence-corrected chi connectivity index (χ1v) is 6.46. The molecule has 0 radical (unpaired) electrons. The van der Waals surface area contributed by atoms with Crippen LogP contribution >= 0.6 is 0 Å². The molecule has 1 aromatic carbocycles. The van der Waals surface area contributed by atoms with Gasteiger partial charge in [0.15, 0.2) is 0 Å². The third-order valence-electron chi connectivity index (χ3n) is 3.73. The highest BCUT2D eigenvalue weighted by Gasteiger charge is 2.17. The van der Waals surface area contributed by atoms with Crippen molar-refractivity contribution in [3.8, 4) is 6.07 Å². The van der Waals surface area contributed by atoms with Crippen molar-refractivity contribution in [1.82, 2.24) is 0 Å². The van der Waals surface area contributed by atoms with Gasteiger partial charge >= 0.3 is 0 Å². The third-order valence-corrected chi connectivity index (χ3v) is 3.73. The summed E-state index contributed by atoms with van der Waals surface area (Å²) in [5, 5.41) is 12.5. The molecule has 1 N–H and O–H groups in total. The van der Waals surface area contributed by atoms with Crippen molar-refractivity contribution >= 4 is 5.69 Å². The van der Waals surface area contributed by atoms with Gasteiger partial charge in [-0.3, -0.25) is 0 Å². The number of nitrogens with zero attached hydrogens (tertiary/aromatic N) is 1. The van der Waals surface area contributed by atoms with E-state index in [4.69, 9.17) is 5.26 Å². The normalized spacial score (nSPS) is 24.1. The van der Waals surface area contributed by atoms with Gasteiger partial charge in [-0.25, -0.2) is 0 Å². The molecule has 1 aromatic rings. The maximum absolute atomic E-state index is 8.89.